The molecule has 0 aliphatic heterocycles. The molecule has 0 spiro atoms. The molecule has 0 saturated heterocycles. The Bertz CT molecular complexity index is 148. The van der Waals surface area contributed by atoms with Crippen molar-refractivity contribution in [1.29, 1.82) is 0 Å². The second kappa shape index (κ2) is 7.30. The van der Waals surface area contributed by atoms with Crippen LogP contribution in [0.15, 0.2) is 12.2 Å². The summed E-state index contributed by atoms with van der Waals surface area (Å²) in [5.74, 6) is 0. The minimum absolute atomic E-state index is 0.699. The predicted octanol–water partition coefficient (Wildman–Crippen LogP) is 3.10. The summed E-state index contributed by atoms with van der Waals surface area (Å²) < 4.78 is 11.2. The average molecular weight is 202 g/mol. The van der Waals surface area contributed by atoms with E-state index >= 15 is 0 Å². The molecule has 0 rings (SSSR count). The summed E-state index contributed by atoms with van der Waals surface area (Å²) >= 11 is 0. The molecule has 78 valence electrons. The molecule has 1 atom stereocenters. The molecule has 0 bridgehead atoms. The van der Waals surface area contributed by atoms with Gasteiger partial charge < -0.3 is 8.85 Å². The van der Waals surface area contributed by atoms with Crippen molar-refractivity contribution in [2.24, 2.45) is 0 Å². The summed E-state index contributed by atoms with van der Waals surface area (Å²) in [6, 6.07) is 1.07. The summed E-state index contributed by atoms with van der Waals surface area (Å²) in [4.78, 5) is 0. The van der Waals surface area contributed by atoms with Gasteiger partial charge in [-0.05, 0) is 19.0 Å². The van der Waals surface area contributed by atoms with Crippen LogP contribution < -0.4 is 0 Å². The fourth-order valence-electron chi connectivity index (χ4n) is 1.15. The third-order valence-corrected chi connectivity index (χ3v) is 5.07. The first kappa shape index (κ1) is 12.9. The van der Waals surface area contributed by atoms with Crippen molar-refractivity contribution in [2.45, 2.75) is 39.3 Å². The zero-order valence-corrected chi connectivity index (χ0v) is 10.3. The number of hydrogen-bond donors (Lipinski definition) is 0. The molecule has 0 saturated carbocycles. The summed E-state index contributed by atoms with van der Waals surface area (Å²) in [6.45, 7) is 7.10. The molecule has 0 aromatic carbocycles. The Labute approximate surface area is 83.2 Å². The second-order valence-electron chi connectivity index (χ2n) is 3.28. The van der Waals surface area contributed by atoms with E-state index in [0.29, 0.717) is 6.61 Å². The van der Waals surface area contributed by atoms with Crippen LogP contribution in [0.3, 0.4) is 0 Å². The number of allylic oxidation sites excluding steroid dienone is 1. The standard InChI is InChI=1S/C10H22O2Si/c1-5-7-8-9-12-13(4,11-3)10-6-2/h7-8H,5-6,9-10H2,1-4H3. The van der Waals surface area contributed by atoms with Crippen molar-refractivity contribution in [3.05, 3.63) is 12.2 Å². The minimum Gasteiger partial charge on any atom is -0.398 e. The Hall–Kier alpha value is -0.123. The molecule has 0 heterocycles. The van der Waals surface area contributed by atoms with Crippen LogP contribution in [0.5, 0.6) is 0 Å². The van der Waals surface area contributed by atoms with Crippen LogP contribution in [-0.2, 0) is 8.85 Å². The van der Waals surface area contributed by atoms with E-state index in [2.05, 4.69) is 32.5 Å². The molecule has 1 unspecified atom stereocenters. The highest BCUT2D eigenvalue weighted by Crippen LogP contribution is 2.14. The second-order valence-corrected chi connectivity index (χ2v) is 6.74. The molecule has 0 aromatic heterocycles. The van der Waals surface area contributed by atoms with E-state index in [4.69, 9.17) is 8.85 Å². The first-order valence-corrected chi connectivity index (χ1v) is 7.55. The van der Waals surface area contributed by atoms with Gasteiger partial charge in [0.05, 0.1) is 6.61 Å². The molecular weight excluding hydrogens is 180 g/mol. The molecule has 0 fully saturated rings. The van der Waals surface area contributed by atoms with Crippen LogP contribution in [0, 0.1) is 0 Å². The van der Waals surface area contributed by atoms with Crippen molar-refractivity contribution >= 4 is 8.56 Å². The summed E-state index contributed by atoms with van der Waals surface area (Å²) in [5.41, 5.74) is 0. The molecule has 0 N–H and O–H groups in total. The predicted molar refractivity (Wildman–Crippen MR) is 59.1 cm³/mol. The quantitative estimate of drug-likeness (QED) is 0.466. The third-order valence-electron chi connectivity index (χ3n) is 2.02. The van der Waals surface area contributed by atoms with Crippen LogP contribution >= 0.6 is 0 Å². The molecule has 3 heteroatoms. The maximum Gasteiger partial charge on any atom is 0.334 e. The zero-order valence-electron chi connectivity index (χ0n) is 9.30. The van der Waals surface area contributed by atoms with E-state index in [9.17, 15) is 0 Å². The highest BCUT2D eigenvalue weighted by molar-refractivity contribution is 6.65. The normalized spacial score (nSPS) is 16.3. The molecule has 2 nitrogen and oxygen atoms in total. The highest BCUT2D eigenvalue weighted by Gasteiger charge is 2.28. The summed E-state index contributed by atoms with van der Waals surface area (Å²) in [5, 5.41) is 0. The van der Waals surface area contributed by atoms with Crippen LogP contribution in [0.1, 0.15) is 26.7 Å². The molecule has 0 radical (unpaired) electrons. The fourth-order valence-corrected chi connectivity index (χ4v) is 2.97. The van der Waals surface area contributed by atoms with Crippen LogP contribution in [0.4, 0.5) is 0 Å². The zero-order chi connectivity index (χ0) is 10.2. The molecule has 0 amide bonds. The van der Waals surface area contributed by atoms with Gasteiger partial charge in [0.1, 0.15) is 0 Å². The van der Waals surface area contributed by atoms with E-state index in [1.54, 1.807) is 7.11 Å². The third kappa shape index (κ3) is 6.02. The van der Waals surface area contributed by atoms with Crippen LogP contribution in [-0.4, -0.2) is 22.3 Å². The molecule has 0 aromatic rings. The Balaban J connectivity index is 3.76. The van der Waals surface area contributed by atoms with Gasteiger partial charge in [-0.1, -0.05) is 32.4 Å². The monoisotopic (exact) mass is 202 g/mol. The number of hydrogen-bond acceptors (Lipinski definition) is 2. The maximum atomic E-state index is 5.75. The van der Waals surface area contributed by atoms with Gasteiger partial charge in [-0.15, -0.1) is 0 Å². The lowest BCUT2D eigenvalue weighted by atomic mass is 10.4. The van der Waals surface area contributed by atoms with E-state index in [0.717, 1.165) is 18.9 Å². The SMILES string of the molecule is CCC=CCO[Si](C)(CCC)OC. The topological polar surface area (TPSA) is 18.5 Å². The Kier molecular flexibility index (Phi) is 7.23. The van der Waals surface area contributed by atoms with Gasteiger partial charge in [0.2, 0.25) is 0 Å². The van der Waals surface area contributed by atoms with Gasteiger partial charge in [-0.25, -0.2) is 0 Å². The molecule has 0 aliphatic rings. The van der Waals surface area contributed by atoms with Crippen molar-refractivity contribution in [3.8, 4) is 0 Å². The van der Waals surface area contributed by atoms with E-state index in [1.807, 2.05) is 0 Å². The summed E-state index contributed by atoms with van der Waals surface area (Å²) in [7, 11) is -0.0692. The van der Waals surface area contributed by atoms with Crippen LogP contribution in [0.25, 0.3) is 0 Å². The lowest BCUT2D eigenvalue weighted by Gasteiger charge is -2.23. The molecular formula is C10H22O2Si. The first-order valence-electron chi connectivity index (χ1n) is 5.02. The van der Waals surface area contributed by atoms with E-state index < -0.39 is 8.56 Å². The van der Waals surface area contributed by atoms with Gasteiger partial charge >= 0.3 is 8.56 Å². The smallest absolute Gasteiger partial charge is 0.334 e. The van der Waals surface area contributed by atoms with E-state index in [-0.39, 0.29) is 0 Å². The average Bonchev–Trinajstić information content (AvgIpc) is 2.13. The van der Waals surface area contributed by atoms with Crippen LogP contribution in [0.2, 0.25) is 12.6 Å². The van der Waals surface area contributed by atoms with E-state index in [1.165, 1.54) is 0 Å². The Morgan fingerprint density at radius 2 is 1.92 bits per heavy atom. The first-order chi connectivity index (χ1) is 6.18. The van der Waals surface area contributed by atoms with Gasteiger partial charge in [0.25, 0.3) is 0 Å². The van der Waals surface area contributed by atoms with Gasteiger partial charge in [0, 0.05) is 7.11 Å². The Morgan fingerprint density at radius 3 is 2.38 bits per heavy atom. The van der Waals surface area contributed by atoms with Crippen molar-refractivity contribution in [1.82, 2.24) is 0 Å². The lowest BCUT2D eigenvalue weighted by Crippen LogP contribution is -2.37. The maximum absolute atomic E-state index is 5.75. The number of rotatable bonds is 7. The minimum atomic E-state index is -1.82. The van der Waals surface area contributed by atoms with Gasteiger partial charge in [0.15, 0.2) is 0 Å². The lowest BCUT2D eigenvalue weighted by molar-refractivity contribution is 0.225. The van der Waals surface area contributed by atoms with Crippen molar-refractivity contribution in [3.63, 3.8) is 0 Å². The van der Waals surface area contributed by atoms with Crippen molar-refractivity contribution < 1.29 is 8.85 Å². The van der Waals surface area contributed by atoms with Gasteiger partial charge in [-0.3, -0.25) is 0 Å². The van der Waals surface area contributed by atoms with Gasteiger partial charge in [-0.2, -0.15) is 0 Å². The fraction of sp³-hybridized carbons (Fsp3) is 0.800. The largest absolute Gasteiger partial charge is 0.398 e. The molecule has 0 aliphatic carbocycles. The molecule has 13 heavy (non-hydrogen) atoms. The Morgan fingerprint density at radius 1 is 1.23 bits per heavy atom. The van der Waals surface area contributed by atoms with Crippen molar-refractivity contribution in [2.75, 3.05) is 13.7 Å². The summed E-state index contributed by atoms with van der Waals surface area (Å²) in [6.07, 6.45) is 6.40. The highest BCUT2D eigenvalue weighted by atomic mass is 28.4.